The van der Waals surface area contributed by atoms with Crippen LogP contribution in [0.3, 0.4) is 0 Å². The van der Waals surface area contributed by atoms with Gasteiger partial charge in [-0.3, -0.25) is 9.48 Å². The van der Waals surface area contributed by atoms with Gasteiger partial charge in [0, 0.05) is 48.7 Å². The van der Waals surface area contributed by atoms with Crippen LogP contribution in [0.2, 0.25) is 0 Å². The van der Waals surface area contributed by atoms with Crippen molar-refractivity contribution >= 4 is 16.9 Å². The van der Waals surface area contributed by atoms with Gasteiger partial charge in [0.25, 0.3) is 5.91 Å². The van der Waals surface area contributed by atoms with Gasteiger partial charge < -0.3 is 15.2 Å². The quantitative estimate of drug-likeness (QED) is 0.431. The van der Waals surface area contributed by atoms with E-state index in [1.807, 2.05) is 35.1 Å². The SMILES string of the molecule is Cc1nn(C2CC2)cc1C(=O)N1CCc2cc(-c3cnc4[nH]cc(C)c4c3)cc(C3CCCN3)c2C1. The molecular formula is C29H32N6O. The highest BCUT2D eigenvalue weighted by Gasteiger charge is 2.31. The topological polar surface area (TPSA) is 78.8 Å². The van der Waals surface area contributed by atoms with Gasteiger partial charge in [-0.1, -0.05) is 6.07 Å². The molecule has 0 spiro atoms. The Kier molecular flexibility index (Phi) is 5.03. The van der Waals surface area contributed by atoms with Crippen LogP contribution in [0, 0.1) is 13.8 Å². The number of nitrogens with one attached hydrogen (secondary N) is 2. The second kappa shape index (κ2) is 8.30. The zero-order chi connectivity index (χ0) is 24.4. The maximum atomic E-state index is 13.6. The molecule has 0 radical (unpaired) electrons. The van der Waals surface area contributed by atoms with Crippen molar-refractivity contribution in [2.24, 2.45) is 0 Å². The Morgan fingerprint density at radius 2 is 2.00 bits per heavy atom. The zero-order valence-corrected chi connectivity index (χ0v) is 21.0. The molecule has 7 rings (SSSR count). The number of pyridine rings is 1. The third-order valence-corrected chi connectivity index (χ3v) is 8.24. The van der Waals surface area contributed by atoms with Crippen molar-refractivity contribution in [3.05, 3.63) is 70.3 Å². The lowest BCUT2D eigenvalue weighted by Crippen LogP contribution is -2.37. The highest BCUT2D eigenvalue weighted by atomic mass is 16.2. The number of aromatic amines is 1. The Hall–Kier alpha value is -3.45. The second-order valence-corrected chi connectivity index (χ2v) is 10.8. The molecule has 5 heterocycles. The molecule has 7 heteroatoms. The van der Waals surface area contributed by atoms with Crippen LogP contribution >= 0.6 is 0 Å². The number of amides is 1. The summed E-state index contributed by atoms with van der Waals surface area (Å²) in [6.07, 6.45) is 11.5. The third kappa shape index (κ3) is 3.64. The third-order valence-electron chi connectivity index (χ3n) is 8.24. The van der Waals surface area contributed by atoms with Crippen LogP contribution in [-0.4, -0.2) is 43.6 Å². The predicted molar refractivity (Wildman–Crippen MR) is 140 cm³/mol. The Morgan fingerprint density at radius 3 is 2.81 bits per heavy atom. The van der Waals surface area contributed by atoms with Gasteiger partial charge >= 0.3 is 0 Å². The minimum Gasteiger partial charge on any atom is -0.346 e. The number of hydrogen-bond donors (Lipinski definition) is 2. The highest BCUT2D eigenvalue weighted by Crippen LogP contribution is 2.37. The van der Waals surface area contributed by atoms with E-state index < -0.39 is 0 Å². The molecule has 1 atom stereocenters. The van der Waals surface area contributed by atoms with Gasteiger partial charge in [0.15, 0.2) is 0 Å². The summed E-state index contributed by atoms with van der Waals surface area (Å²) in [7, 11) is 0. The Labute approximate surface area is 210 Å². The average Bonchev–Trinajstić information content (AvgIpc) is 3.28. The van der Waals surface area contributed by atoms with Gasteiger partial charge in [0.1, 0.15) is 5.65 Å². The van der Waals surface area contributed by atoms with Crippen molar-refractivity contribution in [2.45, 2.75) is 64.6 Å². The first-order valence-electron chi connectivity index (χ1n) is 13.2. The number of nitrogens with zero attached hydrogens (tertiary/aromatic N) is 4. The highest BCUT2D eigenvalue weighted by molar-refractivity contribution is 5.95. The number of hydrogen-bond acceptors (Lipinski definition) is 4. The van der Waals surface area contributed by atoms with E-state index in [1.165, 1.54) is 39.6 Å². The molecule has 1 saturated carbocycles. The number of fused-ring (bicyclic) bond motifs is 2. The van der Waals surface area contributed by atoms with E-state index >= 15 is 0 Å². The fraction of sp³-hybridized carbons (Fsp3) is 0.414. The van der Waals surface area contributed by atoms with Crippen molar-refractivity contribution < 1.29 is 4.79 Å². The zero-order valence-electron chi connectivity index (χ0n) is 21.0. The minimum absolute atomic E-state index is 0.108. The van der Waals surface area contributed by atoms with Crippen LogP contribution < -0.4 is 5.32 Å². The van der Waals surface area contributed by atoms with Crippen molar-refractivity contribution in [3.63, 3.8) is 0 Å². The van der Waals surface area contributed by atoms with Gasteiger partial charge in [-0.25, -0.2) is 4.98 Å². The van der Waals surface area contributed by atoms with E-state index in [1.54, 1.807) is 0 Å². The maximum absolute atomic E-state index is 13.6. The van der Waals surface area contributed by atoms with Crippen LogP contribution in [0.25, 0.3) is 22.2 Å². The molecule has 1 aromatic carbocycles. The van der Waals surface area contributed by atoms with E-state index in [0.717, 1.165) is 61.2 Å². The first-order chi connectivity index (χ1) is 17.5. The molecule has 184 valence electrons. The summed E-state index contributed by atoms with van der Waals surface area (Å²) in [5.41, 5.74) is 10.1. The van der Waals surface area contributed by atoms with Gasteiger partial charge in [0.05, 0.1) is 17.3 Å². The summed E-state index contributed by atoms with van der Waals surface area (Å²) >= 11 is 0. The van der Waals surface area contributed by atoms with E-state index in [2.05, 4.69) is 45.5 Å². The van der Waals surface area contributed by atoms with Crippen LogP contribution in [-0.2, 0) is 13.0 Å². The molecule has 0 bridgehead atoms. The van der Waals surface area contributed by atoms with Crippen LogP contribution in [0.4, 0.5) is 0 Å². The molecule has 2 N–H and O–H groups in total. The second-order valence-electron chi connectivity index (χ2n) is 10.8. The van der Waals surface area contributed by atoms with Crippen molar-refractivity contribution in [1.82, 2.24) is 30.0 Å². The van der Waals surface area contributed by atoms with Crippen molar-refractivity contribution in [2.75, 3.05) is 13.1 Å². The van der Waals surface area contributed by atoms with Gasteiger partial charge in [-0.2, -0.15) is 5.10 Å². The molecular weight excluding hydrogens is 448 g/mol. The summed E-state index contributed by atoms with van der Waals surface area (Å²) in [5, 5.41) is 9.51. The van der Waals surface area contributed by atoms with E-state index in [0.29, 0.717) is 18.6 Å². The monoisotopic (exact) mass is 480 g/mol. The van der Waals surface area contributed by atoms with Crippen molar-refractivity contribution in [3.8, 4) is 11.1 Å². The molecule has 1 amide bonds. The first kappa shape index (κ1) is 21.8. The molecule has 4 aromatic rings. The largest absolute Gasteiger partial charge is 0.346 e. The maximum Gasteiger partial charge on any atom is 0.257 e. The number of carbonyl (C=O) groups is 1. The predicted octanol–water partition coefficient (Wildman–Crippen LogP) is 5.00. The number of aromatic nitrogens is 4. The fourth-order valence-corrected chi connectivity index (χ4v) is 5.98. The van der Waals surface area contributed by atoms with Gasteiger partial charge in [0.2, 0.25) is 0 Å². The molecule has 7 nitrogen and oxygen atoms in total. The van der Waals surface area contributed by atoms with E-state index in [9.17, 15) is 4.79 Å². The molecule has 36 heavy (non-hydrogen) atoms. The Balaban J connectivity index is 1.25. The molecule has 2 fully saturated rings. The molecule has 3 aliphatic rings. The van der Waals surface area contributed by atoms with Crippen molar-refractivity contribution in [1.29, 1.82) is 0 Å². The van der Waals surface area contributed by atoms with Crippen LogP contribution in [0.1, 0.15) is 76.1 Å². The lowest BCUT2D eigenvalue weighted by Gasteiger charge is -2.32. The van der Waals surface area contributed by atoms with E-state index in [-0.39, 0.29) is 5.91 Å². The molecule has 3 aromatic heterocycles. The summed E-state index contributed by atoms with van der Waals surface area (Å²) in [6, 6.07) is 7.74. The summed E-state index contributed by atoms with van der Waals surface area (Å²) < 4.78 is 2.00. The normalized spacial score (nSPS) is 19.7. The summed E-state index contributed by atoms with van der Waals surface area (Å²) in [4.78, 5) is 23.5. The molecule has 1 aliphatic carbocycles. The molecule has 1 unspecified atom stereocenters. The lowest BCUT2D eigenvalue weighted by atomic mass is 9.87. The smallest absolute Gasteiger partial charge is 0.257 e. The summed E-state index contributed by atoms with van der Waals surface area (Å²) in [6.45, 7) is 6.51. The van der Waals surface area contributed by atoms with Crippen LogP contribution in [0.15, 0.2) is 36.8 Å². The number of benzene rings is 1. The lowest BCUT2D eigenvalue weighted by molar-refractivity contribution is 0.0733. The average molecular weight is 481 g/mol. The number of carbonyl (C=O) groups excluding carboxylic acids is 1. The number of H-pyrrole nitrogens is 1. The fourth-order valence-electron chi connectivity index (χ4n) is 5.98. The molecule has 2 aliphatic heterocycles. The minimum atomic E-state index is 0.108. The standard InChI is InChI=1S/C29H32N6O/c1-17-13-31-28-23(17)12-21(14-32-28)20-10-19-7-9-34(15-26(19)24(11-20)27-4-3-8-30-27)29(36)25-16-35(22-5-6-22)33-18(25)2/h10-14,16,22,27,30H,3-9,15H2,1-2H3,(H,31,32). The van der Waals surface area contributed by atoms with Crippen LogP contribution in [0.5, 0.6) is 0 Å². The van der Waals surface area contributed by atoms with Gasteiger partial charge in [-0.15, -0.1) is 0 Å². The van der Waals surface area contributed by atoms with Gasteiger partial charge in [-0.05, 0) is 92.4 Å². The Bertz CT molecular complexity index is 1490. The Morgan fingerprint density at radius 1 is 1.11 bits per heavy atom. The molecule has 1 saturated heterocycles. The number of rotatable bonds is 4. The number of aryl methyl sites for hydroxylation is 2. The first-order valence-corrected chi connectivity index (χ1v) is 13.2. The van der Waals surface area contributed by atoms with E-state index in [4.69, 9.17) is 0 Å². The summed E-state index contributed by atoms with van der Waals surface area (Å²) in [5.74, 6) is 0.108.